The zero-order chi connectivity index (χ0) is 15.3. The number of ether oxygens (including phenoxy) is 1. The Bertz CT molecular complexity index is 583. The largest absolute Gasteiger partial charge is 0.465 e. The molecule has 0 atom stereocenters. The van der Waals surface area contributed by atoms with E-state index in [9.17, 15) is 19.3 Å². The second-order valence-electron chi connectivity index (χ2n) is 3.90. The van der Waals surface area contributed by atoms with Gasteiger partial charge in [-0.25, -0.2) is 9.18 Å². The summed E-state index contributed by atoms with van der Waals surface area (Å²) in [5.41, 5.74) is -0.820. The van der Waals surface area contributed by atoms with Crippen LogP contribution in [-0.4, -0.2) is 31.6 Å². The molecule has 0 aromatic heterocycles. The first-order valence-corrected chi connectivity index (χ1v) is 5.56. The predicted molar refractivity (Wildman–Crippen MR) is 67.9 cm³/mol. The topological polar surface area (TPSA) is 96.5 Å². The fourth-order valence-electron chi connectivity index (χ4n) is 1.61. The first-order valence-electron chi connectivity index (χ1n) is 5.56. The van der Waals surface area contributed by atoms with E-state index in [4.69, 9.17) is 5.26 Å². The zero-order valence-corrected chi connectivity index (χ0v) is 10.9. The first-order chi connectivity index (χ1) is 9.42. The van der Waals surface area contributed by atoms with Gasteiger partial charge >= 0.3 is 5.97 Å². The van der Waals surface area contributed by atoms with Crippen LogP contribution in [0, 0.1) is 27.3 Å². The molecule has 0 radical (unpaired) electrons. The summed E-state index contributed by atoms with van der Waals surface area (Å²) in [5.74, 6) is -1.95. The van der Waals surface area contributed by atoms with Crippen molar-refractivity contribution in [2.24, 2.45) is 0 Å². The number of carbonyl (C=O) groups is 1. The van der Waals surface area contributed by atoms with Gasteiger partial charge in [0.2, 0.25) is 0 Å². The summed E-state index contributed by atoms with van der Waals surface area (Å²) in [6.45, 7) is 0.212. The number of nitriles is 1. The Kier molecular flexibility index (Phi) is 4.97. The van der Waals surface area contributed by atoms with Gasteiger partial charge in [0.25, 0.3) is 5.69 Å². The number of benzene rings is 1. The highest BCUT2D eigenvalue weighted by atomic mass is 19.1. The number of hydrogen-bond acceptors (Lipinski definition) is 6. The molecule has 20 heavy (non-hydrogen) atoms. The van der Waals surface area contributed by atoms with Gasteiger partial charge in [0.15, 0.2) is 0 Å². The molecule has 0 N–H and O–H groups in total. The van der Waals surface area contributed by atoms with Crippen LogP contribution >= 0.6 is 0 Å². The summed E-state index contributed by atoms with van der Waals surface area (Å²) in [5, 5.41) is 19.5. The number of nitro benzene ring substituents is 1. The number of carbonyl (C=O) groups excluding carboxylic acids is 1. The molecule has 0 heterocycles. The minimum absolute atomic E-state index is 0.0482. The van der Waals surface area contributed by atoms with Gasteiger partial charge in [-0.05, 0) is 6.07 Å². The molecule has 0 aliphatic rings. The van der Waals surface area contributed by atoms with Crippen molar-refractivity contribution in [3.8, 4) is 6.07 Å². The van der Waals surface area contributed by atoms with Crippen molar-refractivity contribution in [2.45, 2.75) is 6.42 Å². The quantitative estimate of drug-likeness (QED) is 0.464. The first kappa shape index (κ1) is 15.4. The average molecular weight is 281 g/mol. The predicted octanol–water partition coefficient (Wildman–Crippen LogP) is 1.87. The number of rotatable bonds is 5. The van der Waals surface area contributed by atoms with Gasteiger partial charge in [-0.15, -0.1) is 0 Å². The van der Waals surface area contributed by atoms with Crippen LogP contribution in [0.5, 0.6) is 0 Å². The third kappa shape index (κ3) is 3.20. The number of anilines is 1. The van der Waals surface area contributed by atoms with E-state index in [1.165, 1.54) is 11.9 Å². The molecule has 0 saturated carbocycles. The third-order valence-electron chi connectivity index (χ3n) is 2.64. The van der Waals surface area contributed by atoms with Crippen molar-refractivity contribution in [1.82, 2.24) is 0 Å². The molecule has 0 aliphatic carbocycles. The molecule has 0 saturated heterocycles. The molecular weight excluding hydrogens is 269 g/mol. The minimum Gasteiger partial charge on any atom is -0.465 e. The molecule has 106 valence electrons. The second kappa shape index (κ2) is 6.47. The van der Waals surface area contributed by atoms with Gasteiger partial charge in [0, 0.05) is 13.6 Å². The average Bonchev–Trinajstić information content (AvgIpc) is 2.43. The van der Waals surface area contributed by atoms with Crippen molar-refractivity contribution in [3.05, 3.63) is 33.6 Å². The van der Waals surface area contributed by atoms with Crippen LogP contribution in [-0.2, 0) is 4.74 Å². The monoisotopic (exact) mass is 281 g/mol. The standard InChI is InChI=1S/C12H12FN3O4/c1-15(5-3-4-14)10-6-8(12(17)20-2)9(13)7-11(10)16(18)19/h6-7H,3,5H2,1-2H3. The van der Waals surface area contributed by atoms with E-state index in [0.717, 1.165) is 13.2 Å². The van der Waals surface area contributed by atoms with Crippen LogP contribution in [0.4, 0.5) is 15.8 Å². The van der Waals surface area contributed by atoms with Crippen molar-refractivity contribution in [1.29, 1.82) is 5.26 Å². The van der Waals surface area contributed by atoms with E-state index >= 15 is 0 Å². The SMILES string of the molecule is COC(=O)c1cc(N(C)CCC#N)c([N+](=O)[O-])cc1F. The normalized spacial score (nSPS) is 9.70. The van der Waals surface area contributed by atoms with Crippen molar-refractivity contribution in [3.63, 3.8) is 0 Å². The Morgan fingerprint density at radius 2 is 2.25 bits per heavy atom. The maximum Gasteiger partial charge on any atom is 0.340 e. The molecule has 8 heteroatoms. The molecule has 1 aromatic rings. The zero-order valence-electron chi connectivity index (χ0n) is 10.9. The molecule has 1 rings (SSSR count). The Hall–Kier alpha value is -2.69. The fourth-order valence-corrected chi connectivity index (χ4v) is 1.61. The number of hydrogen-bond donors (Lipinski definition) is 0. The van der Waals surface area contributed by atoms with Gasteiger partial charge < -0.3 is 9.64 Å². The Morgan fingerprint density at radius 3 is 2.75 bits per heavy atom. The molecule has 1 aromatic carbocycles. The highest BCUT2D eigenvalue weighted by Gasteiger charge is 2.24. The Labute approximate surface area is 114 Å². The number of nitrogens with zero attached hydrogens (tertiary/aromatic N) is 3. The van der Waals surface area contributed by atoms with E-state index in [0.29, 0.717) is 6.07 Å². The summed E-state index contributed by atoms with van der Waals surface area (Å²) in [4.78, 5) is 23.0. The van der Waals surface area contributed by atoms with E-state index in [1.807, 2.05) is 6.07 Å². The maximum atomic E-state index is 13.7. The number of halogens is 1. The van der Waals surface area contributed by atoms with Gasteiger partial charge in [0.05, 0.1) is 36.2 Å². The summed E-state index contributed by atoms with van der Waals surface area (Å²) in [6, 6.07) is 3.62. The van der Waals surface area contributed by atoms with Crippen LogP contribution in [0.3, 0.4) is 0 Å². The van der Waals surface area contributed by atoms with E-state index in [-0.39, 0.29) is 18.7 Å². The lowest BCUT2D eigenvalue weighted by atomic mass is 10.1. The molecule has 0 fully saturated rings. The summed E-state index contributed by atoms with van der Waals surface area (Å²) >= 11 is 0. The minimum atomic E-state index is -1.03. The molecule has 0 unspecified atom stereocenters. The Balaban J connectivity index is 3.34. The molecule has 0 aliphatic heterocycles. The summed E-state index contributed by atoms with van der Waals surface area (Å²) in [7, 11) is 2.60. The number of nitro groups is 1. The molecule has 0 amide bonds. The molecule has 0 bridgehead atoms. The van der Waals surface area contributed by atoms with Crippen LogP contribution in [0.15, 0.2) is 12.1 Å². The van der Waals surface area contributed by atoms with Crippen LogP contribution in [0.25, 0.3) is 0 Å². The van der Waals surface area contributed by atoms with Gasteiger partial charge in [-0.2, -0.15) is 5.26 Å². The van der Waals surface area contributed by atoms with Crippen LogP contribution < -0.4 is 4.90 Å². The van der Waals surface area contributed by atoms with E-state index in [2.05, 4.69) is 4.74 Å². The maximum absolute atomic E-state index is 13.7. The number of esters is 1. The second-order valence-corrected chi connectivity index (χ2v) is 3.90. The van der Waals surface area contributed by atoms with E-state index in [1.54, 1.807) is 0 Å². The highest BCUT2D eigenvalue weighted by molar-refractivity contribution is 5.92. The van der Waals surface area contributed by atoms with E-state index < -0.39 is 28.0 Å². The van der Waals surface area contributed by atoms with Crippen molar-refractivity contribution < 1.29 is 18.8 Å². The lowest BCUT2D eigenvalue weighted by molar-refractivity contribution is -0.384. The molecular formula is C12H12FN3O4. The van der Waals surface area contributed by atoms with Crippen molar-refractivity contribution in [2.75, 3.05) is 25.6 Å². The molecule has 0 spiro atoms. The Morgan fingerprint density at radius 1 is 1.60 bits per heavy atom. The third-order valence-corrected chi connectivity index (χ3v) is 2.64. The van der Waals surface area contributed by atoms with Gasteiger partial charge in [0.1, 0.15) is 11.5 Å². The van der Waals surface area contributed by atoms with Crippen LogP contribution in [0.2, 0.25) is 0 Å². The smallest absolute Gasteiger partial charge is 0.340 e. The van der Waals surface area contributed by atoms with Crippen LogP contribution in [0.1, 0.15) is 16.8 Å². The summed E-state index contributed by atoms with van der Waals surface area (Å²) < 4.78 is 18.1. The van der Waals surface area contributed by atoms with Gasteiger partial charge in [-0.1, -0.05) is 0 Å². The fraction of sp³-hybridized carbons (Fsp3) is 0.333. The summed E-state index contributed by atoms with van der Waals surface area (Å²) in [6.07, 6.45) is 0.137. The highest BCUT2D eigenvalue weighted by Crippen LogP contribution is 2.30. The van der Waals surface area contributed by atoms with Gasteiger partial charge in [-0.3, -0.25) is 10.1 Å². The molecule has 7 nitrogen and oxygen atoms in total. The number of methoxy groups -OCH3 is 1. The van der Waals surface area contributed by atoms with Crippen molar-refractivity contribution >= 4 is 17.3 Å². The lowest BCUT2D eigenvalue weighted by Gasteiger charge is -2.18. The lowest BCUT2D eigenvalue weighted by Crippen LogP contribution is -2.20.